The maximum Gasteiger partial charge on any atom is 0.251 e. The number of hydrogen-bond acceptors (Lipinski definition) is 4. The van der Waals surface area contributed by atoms with Gasteiger partial charge in [0, 0.05) is 30.1 Å². The molecule has 2 heterocycles. The van der Waals surface area contributed by atoms with Crippen LogP contribution in [0.1, 0.15) is 29.4 Å². The second-order valence-electron chi connectivity index (χ2n) is 4.37. The van der Waals surface area contributed by atoms with Crippen molar-refractivity contribution >= 4 is 23.5 Å². The van der Waals surface area contributed by atoms with Crippen molar-refractivity contribution < 1.29 is 4.79 Å². The Bertz CT molecular complexity index is 408. The number of aromatic nitrogens is 1. The van der Waals surface area contributed by atoms with E-state index in [-0.39, 0.29) is 5.91 Å². The average molecular weight is 265 g/mol. The predicted molar refractivity (Wildman–Crippen MR) is 76.4 cm³/mol. The number of nitrogens with zero attached hydrogens (tertiary/aromatic N) is 1. The molecule has 4 nitrogen and oxygen atoms in total. The van der Waals surface area contributed by atoms with Gasteiger partial charge in [-0.2, -0.15) is 11.8 Å². The van der Waals surface area contributed by atoms with E-state index in [9.17, 15) is 4.79 Å². The molecule has 5 heteroatoms. The number of nitrogens with one attached hydrogen (secondary N) is 2. The molecule has 2 N–H and O–H groups in total. The summed E-state index contributed by atoms with van der Waals surface area (Å²) in [5, 5.41) is 6.08. The fraction of sp³-hybridized carbons (Fsp3) is 0.538. The van der Waals surface area contributed by atoms with Crippen LogP contribution in [0.15, 0.2) is 12.1 Å². The first-order chi connectivity index (χ1) is 8.72. The van der Waals surface area contributed by atoms with Crippen LogP contribution in [0.3, 0.4) is 0 Å². The first kappa shape index (κ1) is 13.2. The molecule has 18 heavy (non-hydrogen) atoms. The fourth-order valence-electron chi connectivity index (χ4n) is 1.95. The lowest BCUT2D eigenvalue weighted by atomic mass is 10.1. The molecule has 0 aromatic carbocycles. The standard InChI is InChI=1S/C13H19N3OS/c1-3-10-6-9(7-12(14-2)15-10)13(17)16-11-4-5-18-8-11/h6-7,11H,3-5,8H2,1-2H3,(H,14,15)(H,16,17). The molecule has 1 fully saturated rings. The van der Waals surface area contributed by atoms with Crippen molar-refractivity contribution in [3.63, 3.8) is 0 Å². The van der Waals surface area contributed by atoms with E-state index in [2.05, 4.69) is 15.6 Å². The SMILES string of the molecule is CCc1cc(C(=O)NC2CCSC2)cc(NC)n1. The highest BCUT2D eigenvalue weighted by atomic mass is 32.2. The summed E-state index contributed by atoms with van der Waals surface area (Å²) < 4.78 is 0. The van der Waals surface area contributed by atoms with Gasteiger partial charge in [0.15, 0.2) is 0 Å². The van der Waals surface area contributed by atoms with Crippen LogP contribution < -0.4 is 10.6 Å². The van der Waals surface area contributed by atoms with Crippen molar-refractivity contribution in [2.75, 3.05) is 23.9 Å². The van der Waals surface area contributed by atoms with Crippen LogP contribution in [-0.4, -0.2) is 35.5 Å². The van der Waals surface area contributed by atoms with Gasteiger partial charge in [-0.15, -0.1) is 0 Å². The average Bonchev–Trinajstić information content (AvgIpc) is 2.90. The second-order valence-corrected chi connectivity index (χ2v) is 5.52. The Morgan fingerprint density at radius 1 is 1.56 bits per heavy atom. The maximum atomic E-state index is 12.2. The van der Waals surface area contributed by atoms with E-state index in [0.717, 1.165) is 35.9 Å². The van der Waals surface area contributed by atoms with E-state index in [1.54, 1.807) is 6.07 Å². The number of thioether (sulfide) groups is 1. The molecule has 0 saturated carbocycles. The largest absolute Gasteiger partial charge is 0.373 e. The molecule has 0 bridgehead atoms. The van der Waals surface area contributed by atoms with Gasteiger partial charge in [-0.05, 0) is 30.7 Å². The summed E-state index contributed by atoms with van der Waals surface area (Å²) in [6.45, 7) is 2.04. The first-order valence-corrected chi connectivity index (χ1v) is 7.45. The molecule has 98 valence electrons. The monoisotopic (exact) mass is 265 g/mol. The summed E-state index contributed by atoms with van der Waals surface area (Å²) in [7, 11) is 1.82. The van der Waals surface area contributed by atoms with Crippen molar-refractivity contribution in [1.29, 1.82) is 0 Å². The highest BCUT2D eigenvalue weighted by Gasteiger charge is 2.19. The number of hydrogen-bond donors (Lipinski definition) is 2. The maximum absolute atomic E-state index is 12.2. The Morgan fingerprint density at radius 3 is 3.00 bits per heavy atom. The summed E-state index contributed by atoms with van der Waals surface area (Å²) in [5.74, 6) is 2.93. The van der Waals surface area contributed by atoms with Gasteiger partial charge in [0.25, 0.3) is 5.91 Å². The minimum Gasteiger partial charge on any atom is -0.373 e. The van der Waals surface area contributed by atoms with Crippen LogP contribution in [0.5, 0.6) is 0 Å². The summed E-state index contributed by atoms with van der Waals surface area (Å²) in [6.07, 6.45) is 1.90. The van der Waals surface area contributed by atoms with Gasteiger partial charge in [0.1, 0.15) is 5.82 Å². The van der Waals surface area contributed by atoms with E-state index in [1.165, 1.54) is 0 Å². The lowest BCUT2D eigenvalue weighted by Gasteiger charge is -2.12. The van der Waals surface area contributed by atoms with Gasteiger partial charge in [-0.1, -0.05) is 6.92 Å². The van der Waals surface area contributed by atoms with Crippen molar-refractivity contribution in [1.82, 2.24) is 10.3 Å². The molecular formula is C13H19N3OS. The normalized spacial score (nSPS) is 18.7. The van der Waals surface area contributed by atoms with Gasteiger partial charge >= 0.3 is 0 Å². The summed E-state index contributed by atoms with van der Waals surface area (Å²) in [5.41, 5.74) is 1.64. The highest BCUT2D eigenvalue weighted by molar-refractivity contribution is 7.99. The third kappa shape index (κ3) is 3.16. The molecule has 1 amide bonds. The highest BCUT2D eigenvalue weighted by Crippen LogP contribution is 2.18. The molecule has 0 radical (unpaired) electrons. The Hall–Kier alpha value is -1.23. The van der Waals surface area contributed by atoms with Crippen LogP contribution in [0.2, 0.25) is 0 Å². The van der Waals surface area contributed by atoms with Crippen LogP contribution in [0, 0.1) is 0 Å². The van der Waals surface area contributed by atoms with Crippen molar-refractivity contribution in [2.24, 2.45) is 0 Å². The van der Waals surface area contributed by atoms with Gasteiger partial charge < -0.3 is 10.6 Å². The van der Waals surface area contributed by atoms with Crippen molar-refractivity contribution in [3.8, 4) is 0 Å². The van der Waals surface area contributed by atoms with E-state index in [4.69, 9.17) is 0 Å². The lowest BCUT2D eigenvalue weighted by Crippen LogP contribution is -2.34. The predicted octanol–water partition coefficient (Wildman–Crippen LogP) is 1.92. The minimum absolute atomic E-state index is 0.0103. The third-order valence-corrected chi connectivity index (χ3v) is 4.19. The van der Waals surface area contributed by atoms with Crippen molar-refractivity contribution in [3.05, 3.63) is 23.4 Å². The molecule has 1 aliphatic rings. The molecule has 0 aliphatic carbocycles. The van der Waals surface area contributed by atoms with Gasteiger partial charge in [0.05, 0.1) is 0 Å². The zero-order valence-electron chi connectivity index (χ0n) is 10.8. The lowest BCUT2D eigenvalue weighted by molar-refractivity contribution is 0.0941. The zero-order chi connectivity index (χ0) is 13.0. The number of aryl methyl sites for hydroxylation is 1. The first-order valence-electron chi connectivity index (χ1n) is 6.30. The number of carbonyl (C=O) groups is 1. The van der Waals surface area contributed by atoms with Gasteiger partial charge in [-0.25, -0.2) is 4.98 Å². The number of anilines is 1. The Kier molecular flexibility index (Phi) is 4.47. The molecule has 2 rings (SSSR count). The van der Waals surface area contributed by atoms with E-state index < -0.39 is 0 Å². The molecular weight excluding hydrogens is 246 g/mol. The molecule has 1 saturated heterocycles. The van der Waals surface area contributed by atoms with Crippen LogP contribution >= 0.6 is 11.8 Å². The number of pyridine rings is 1. The molecule has 0 spiro atoms. The second kappa shape index (κ2) is 6.09. The molecule has 1 unspecified atom stereocenters. The minimum atomic E-state index is 0.0103. The third-order valence-electron chi connectivity index (χ3n) is 3.02. The van der Waals surface area contributed by atoms with Crippen LogP contribution in [0.4, 0.5) is 5.82 Å². The van der Waals surface area contributed by atoms with E-state index in [1.807, 2.05) is 31.8 Å². The summed E-state index contributed by atoms with van der Waals surface area (Å²) in [4.78, 5) is 16.6. The summed E-state index contributed by atoms with van der Waals surface area (Å²) >= 11 is 1.90. The van der Waals surface area contributed by atoms with Crippen LogP contribution in [0.25, 0.3) is 0 Å². The fourth-order valence-corrected chi connectivity index (χ4v) is 3.10. The molecule has 1 aromatic rings. The number of amides is 1. The molecule has 1 atom stereocenters. The smallest absolute Gasteiger partial charge is 0.251 e. The number of rotatable bonds is 4. The van der Waals surface area contributed by atoms with Gasteiger partial charge in [0.2, 0.25) is 0 Å². The van der Waals surface area contributed by atoms with Crippen molar-refractivity contribution in [2.45, 2.75) is 25.8 Å². The Morgan fingerprint density at radius 2 is 2.39 bits per heavy atom. The Balaban J connectivity index is 2.12. The Labute approximate surface area is 112 Å². The van der Waals surface area contributed by atoms with Gasteiger partial charge in [-0.3, -0.25) is 4.79 Å². The quantitative estimate of drug-likeness (QED) is 0.873. The number of carbonyl (C=O) groups excluding carboxylic acids is 1. The van der Waals surface area contributed by atoms with E-state index >= 15 is 0 Å². The molecule has 1 aliphatic heterocycles. The van der Waals surface area contributed by atoms with Crippen LogP contribution in [-0.2, 0) is 6.42 Å². The topological polar surface area (TPSA) is 54.0 Å². The van der Waals surface area contributed by atoms with E-state index in [0.29, 0.717) is 11.6 Å². The summed E-state index contributed by atoms with van der Waals surface area (Å²) in [6, 6.07) is 3.99. The zero-order valence-corrected chi connectivity index (χ0v) is 11.6. The molecule has 1 aromatic heterocycles.